The maximum atomic E-state index is 2.49. The van der Waals surface area contributed by atoms with E-state index in [0.29, 0.717) is 0 Å². The lowest BCUT2D eigenvalue weighted by molar-refractivity contribution is 0.661. The minimum Gasteiger partial charge on any atom is -0.135 e. The number of hydrogen-bond donors (Lipinski definition) is 0. The molecule has 0 spiro atoms. The molecule has 0 saturated carbocycles. The Hall–Kier alpha value is -5.24. The van der Waals surface area contributed by atoms with Crippen molar-refractivity contribution < 1.29 is 0 Å². The third-order valence-electron chi connectivity index (χ3n) is 10.4. The molecule has 0 nitrogen and oxygen atoms in total. The Labute approximate surface area is 272 Å². The lowest BCUT2D eigenvalue weighted by atomic mass is 9.80. The Kier molecular flexibility index (Phi) is 5.31. The van der Waals surface area contributed by atoms with E-state index in [0.717, 1.165) is 0 Å². The first-order chi connectivity index (χ1) is 22.6. The highest BCUT2D eigenvalue weighted by Crippen LogP contribution is 2.53. The van der Waals surface area contributed by atoms with E-state index in [1.807, 2.05) is 11.3 Å². The molecule has 0 unspecified atom stereocenters. The van der Waals surface area contributed by atoms with E-state index in [2.05, 4.69) is 159 Å². The van der Waals surface area contributed by atoms with Crippen LogP contribution in [0.15, 0.2) is 146 Å². The minimum absolute atomic E-state index is 0.0914. The van der Waals surface area contributed by atoms with Gasteiger partial charge in [-0.05, 0) is 107 Å². The van der Waals surface area contributed by atoms with E-state index < -0.39 is 0 Å². The predicted octanol–water partition coefficient (Wildman–Crippen LogP) is 13.2. The van der Waals surface area contributed by atoms with Gasteiger partial charge in [-0.25, -0.2) is 0 Å². The molecule has 1 aliphatic rings. The van der Waals surface area contributed by atoms with Crippen LogP contribution in [-0.4, -0.2) is 0 Å². The Bertz CT molecular complexity index is 2660. The molecule has 10 rings (SSSR count). The molecule has 0 saturated heterocycles. The summed E-state index contributed by atoms with van der Waals surface area (Å²) in [6, 6.07) is 54.6. The fraction of sp³-hybridized carbons (Fsp3) is 0.0667. The van der Waals surface area contributed by atoms with Gasteiger partial charge in [0.2, 0.25) is 0 Å². The van der Waals surface area contributed by atoms with Crippen LogP contribution in [0.2, 0.25) is 0 Å². The highest BCUT2D eigenvalue weighted by atomic mass is 32.1. The zero-order chi connectivity index (χ0) is 30.6. The van der Waals surface area contributed by atoms with Gasteiger partial charge < -0.3 is 0 Å². The van der Waals surface area contributed by atoms with Gasteiger partial charge >= 0.3 is 0 Å². The Morgan fingerprint density at radius 3 is 1.70 bits per heavy atom. The van der Waals surface area contributed by atoms with Crippen molar-refractivity contribution in [2.75, 3.05) is 0 Å². The second-order valence-electron chi connectivity index (χ2n) is 13.2. The van der Waals surface area contributed by atoms with Crippen LogP contribution < -0.4 is 0 Å². The van der Waals surface area contributed by atoms with Crippen molar-refractivity contribution in [3.8, 4) is 33.4 Å². The second kappa shape index (κ2) is 9.39. The first kappa shape index (κ1) is 26.0. The predicted molar refractivity (Wildman–Crippen MR) is 200 cm³/mol. The summed E-state index contributed by atoms with van der Waals surface area (Å²) in [5, 5.41) is 10.5. The van der Waals surface area contributed by atoms with E-state index >= 15 is 0 Å². The monoisotopic (exact) mass is 602 g/mol. The van der Waals surface area contributed by atoms with Crippen molar-refractivity contribution in [2.24, 2.45) is 0 Å². The van der Waals surface area contributed by atoms with Crippen LogP contribution in [0.25, 0.3) is 85.9 Å². The van der Waals surface area contributed by atoms with Crippen molar-refractivity contribution in [3.63, 3.8) is 0 Å². The molecule has 9 aromatic rings. The number of rotatable bonds is 2. The summed E-state index contributed by atoms with van der Waals surface area (Å²) in [4.78, 5) is 0. The fourth-order valence-corrected chi connectivity index (χ4v) is 9.42. The number of fused-ring (bicyclic) bond motifs is 9. The lowest BCUT2D eigenvalue weighted by Crippen LogP contribution is -2.15. The fourth-order valence-electron chi connectivity index (χ4n) is 8.29. The average Bonchev–Trinajstić information content (AvgIpc) is 3.58. The molecule has 0 amide bonds. The summed E-state index contributed by atoms with van der Waals surface area (Å²) in [6.45, 7) is 4.78. The summed E-state index contributed by atoms with van der Waals surface area (Å²) in [6.07, 6.45) is 0. The van der Waals surface area contributed by atoms with Gasteiger partial charge in [0.25, 0.3) is 0 Å². The molecule has 216 valence electrons. The molecule has 0 N–H and O–H groups in total. The van der Waals surface area contributed by atoms with Crippen molar-refractivity contribution in [1.82, 2.24) is 0 Å². The minimum atomic E-state index is -0.0914. The van der Waals surface area contributed by atoms with Gasteiger partial charge in [-0.2, -0.15) is 0 Å². The standard InChI is InChI=1S/C45H30S/c1-45(2)38-26-29(22-23-30(38)37-24-27-12-3-4-13-28(27)25-39(37)45)42-31-14-5-7-16-33(31)43(34-17-8-6-15-32(34)42)36-19-11-21-41-44(36)35-18-9-10-20-40(35)46-41/h3-26H,1-2H3. The molecular weight excluding hydrogens is 573 g/mol. The average molecular weight is 603 g/mol. The van der Waals surface area contributed by atoms with E-state index in [4.69, 9.17) is 0 Å². The molecule has 1 heterocycles. The van der Waals surface area contributed by atoms with Gasteiger partial charge in [-0.1, -0.05) is 129 Å². The van der Waals surface area contributed by atoms with Crippen LogP contribution >= 0.6 is 11.3 Å². The van der Waals surface area contributed by atoms with Crippen molar-refractivity contribution in [1.29, 1.82) is 0 Å². The normalized spacial score (nSPS) is 13.6. The number of hydrogen-bond acceptors (Lipinski definition) is 1. The van der Waals surface area contributed by atoms with Crippen molar-refractivity contribution in [2.45, 2.75) is 19.3 Å². The van der Waals surface area contributed by atoms with Gasteiger partial charge in [0.15, 0.2) is 0 Å². The van der Waals surface area contributed by atoms with Crippen molar-refractivity contribution in [3.05, 3.63) is 157 Å². The molecule has 0 atom stereocenters. The largest absolute Gasteiger partial charge is 0.135 e. The van der Waals surface area contributed by atoms with E-state index in [1.165, 1.54) is 97.0 Å². The molecule has 1 aliphatic carbocycles. The quantitative estimate of drug-likeness (QED) is 0.173. The molecule has 1 aromatic heterocycles. The van der Waals surface area contributed by atoms with Gasteiger partial charge in [-0.15, -0.1) is 11.3 Å². The summed E-state index contributed by atoms with van der Waals surface area (Å²) < 4.78 is 2.67. The highest BCUT2D eigenvalue weighted by molar-refractivity contribution is 7.25. The van der Waals surface area contributed by atoms with Gasteiger partial charge in [-0.3, -0.25) is 0 Å². The SMILES string of the molecule is CC1(C)c2cc(-c3c4ccccc4c(-c4cccc5sc6ccccc6c45)c4ccccc34)ccc2-c2cc3ccccc3cc21. The maximum absolute atomic E-state index is 2.49. The maximum Gasteiger partial charge on any atom is 0.0361 e. The summed E-state index contributed by atoms with van der Waals surface area (Å²) in [5.41, 5.74) is 10.7. The zero-order valence-electron chi connectivity index (χ0n) is 25.8. The van der Waals surface area contributed by atoms with Crippen LogP contribution in [0.4, 0.5) is 0 Å². The van der Waals surface area contributed by atoms with Crippen LogP contribution in [0.5, 0.6) is 0 Å². The molecule has 0 aliphatic heterocycles. The van der Waals surface area contributed by atoms with Crippen molar-refractivity contribution >= 4 is 63.8 Å². The first-order valence-electron chi connectivity index (χ1n) is 16.1. The molecule has 0 fully saturated rings. The molecular formula is C45H30S. The summed E-state index contributed by atoms with van der Waals surface area (Å²) in [7, 11) is 0. The third kappa shape index (κ3) is 3.49. The zero-order valence-corrected chi connectivity index (χ0v) is 26.6. The lowest BCUT2D eigenvalue weighted by Gasteiger charge is -2.23. The molecule has 1 heteroatoms. The van der Waals surface area contributed by atoms with Gasteiger partial charge in [0.05, 0.1) is 0 Å². The topological polar surface area (TPSA) is 0 Å². The van der Waals surface area contributed by atoms with E-state index in [-0.39, 0.29) is 5.41 Å². The summed E-state index contributed by atoms with van der Waals surface area (Å²) >= 11 is 1.89. The third-order valence-corrected chi connectivity index (χ3v) is 11.6. The van der Waals surface area contributed by atoms with Crippen LogP contribution in [0.3, 0.4) is 0 Å². The summed E-state index contributed by atoms with van der Waals surface area (Å²) in [5.74, 6) is 0. The Morgan fingerprint density at radius 1 is 0.413 bits per heavy atom. The Morgan fingerprint density at radius 2 is 0.978 bits per heavy atom. The van der Waals surface area contributed by atoms with E-state index in [9.17, 15) is 0 Å². The van der Waals surface area contributed by atoms with Gasteiger partial charge in [0, 0.05) is 25.6 Å². The molecule has 46 heavy (non-hydrogen) atoms. The molecule has 0 bridgehead atoms. The highest BCUT2D eigenvalue weighted by Gasteiger charge is 2.36. The number of benzene rings is 8. The van der Waals surface area contributed by atoms with Crippen LogP contribution in [-0.2, 0) is 5.41 Å². The van der Waals surface area contributed by atoms with Crippen LogP contribution in [0, 0.1) is 0 Å². The van der Waals surface area contributed by atoms with E-state index in [1.54, 1.807) is 0 Å². The smallest absolute Gasteiger partial charge is 0.0361 e. The molecule has 0 radical (unpaired) electrons. The van der Waals surface area contributed by atoms with Gasteiger partial charge in [0.1, 0.15) is 0 Å². The number of thiophene rings is 1. The second-order valence-corrected chi connectivity index (χ2v) is 14.3. The Balaban J connectivity index is 1.27. The van der Waals surface area contributed by atoms with Crippen LogP contribution in [0.1, 0.15) is 25.0 Å². The first-order valence-corrected chi connectivity index (χ1v) is 16.9. The molecule has 8 aromatic carbocycles.